The summed E-state index contributed by atoms with van der Waals surface area (Å²) in [7, 11) is 0. The molecular weight excluding hydrogens is 305 g/mol. The molecule has 1 amide bonds. The minimum atomic E-state index is -0.276. The van der Waals surface area contributed by atoms with Crippen LogP contribution in [0.15, 0.2) is 30.6 Å². The molecule has 0 saturated carbocycles. The van der Waals surface area contributed by atoms with Gasteiger partial charge in [0, 0.05) is 43.0 Å². The Morgan fingerprint density at radius 3 is 2.88 bits per heavy atom. The first-order valence-corrected chi connectivity index (χ1v) is 8.55. The lowest BCUT2D eigenvalue weighted by atomic mass is 9.96. The average Bonchev–Trinajstić information content (AvgIpc) is 3.07. The van der Waals surface area contributed by atoms with Crippen molar-refractivity contribution in [1.82, 2.24) is 14.5 Å². The van der Waals surface area contributed by atoms with Gasteiger partial charge in [0.15, 0.2) is 0 Å². The van der Waals surface area contributed by atoms with Crippen molar-refractivity contribution >= 4 is 5.91 Å². The van der Waals surface area contributed by atoms with E-state index in [-0.39, 0.29) is 17.6 Å². The molecular formula is C19H24FN3O. The lowest BCUT2D eigenvalue weighted by Gasteiger charge is -2.33. The van der Waals surface area contributed by atoms with Gasteiger partial charge in [-0.3, -0.25) is 4.79 Å². The summed E-state index contributed by atoms with van der Waals surface area (Å²) in [6.07, 6.45) is 5.83. The highest BCUT2D eigenvalue weighted by Crippen LogP contribution is 2.28. The smallest absolute Gasteiger partial charge is 0.253 e. The summed E-state index contributed by atoms with van der Waals surface area (Å²) in [4.78, 5) is 19.2. The van der Waals surface area contributed by atoms with E-state index < -0.39 is 0 Å². The molecule has 5 heteroatoms. The fraction of sp³-hybridized carbons (Fsp3) is 0.474. The number of piperidine rings is 1. The van der Waals surface area contributed by atoms with Gasteiger partial charge < -0.3 is 9.47 Å². The van der Waals surface area contributed by atoms with E-state index >= 15 is 0 Å². The van der Waals surface area contributed by atoms with E-state index in [1.54, 1.807) is 19.1 Å². The van der Waals surface area contributed by atoms with Crippen LogP contribution in [0.1, 0.15) is 60.4 Å². The third-order valence-corrected chi connectivity index (χ3v) is 4.73. The number of aryl methyl sites for hydroxylation is 1. The Balaban J connectivity index is 1.79. The largest absolute Gasteiger partial charge is 0.338 e. The van der Waals surface area contributed by atoms with Gasteiger partial charge in [0.1, 0.15) is 11.6 Å². The van der Waals surface area contributed by atoms with Gasteiger partial charge in [-0.1, -0.05) is 0 Å². The van der Waals surface area contributed by atoms with Gasteiger partial charge in [-0.25, -0.2) is 9.37 Å². The number of likely N-dealkylation sites (tertiary alicyclic amines) is 1. The number of carbonyl (C=O) groups is 1. The summed E-state index contributed by atoms with van der Waals surface area (Å²) in [6, 6.07) is 4.93. The minimum Gasteiger partial charge on any atom is -0.338 e. The van der Waals surface area contributed by atoms with Gasteiger partial charge in [0.05, 0.1) is 0 Å². The van der Waals surface area contributed by atoms with Crippen LogP contribution in [0.5, 0.6) is 0 Å². The van der Waals surface area contributed by atoms with E-state index in [4.69, 9.17) is 0 Å². The minimum absolute atomic E-state index is 0.0227. The van der Waals surface area contributed by atoms with Crippen molar-refractivity contribution in [2.75, 3.05) is 13.1 Å². The number of hydrogen-bond donors (Lipinski definition) is 0. The standard InChI is InChI=1S/C19H24FN3O/c1-13(2)23-10-8-21-18(23)16-5-4-9-22(12-16)19(24)15-6-7-17(20)14(3)11-15/h6-8,10-11,13,16H,4-5,9,12H2,1-3H3/t16-/m1/s1. The second-order valence-electron chi connectivity index (χ2n) is 6.84. The third-order valence-electron chi connectivity index (χ3n) is 4.73. The number of benzene rings is 1. The molecule has 1 aliphatic heterocycles. The van der Waals surface area contributed by atoms with Crippen LogP contribution in [-0.2, 0) is 0 Å². The Morgan fingerprint density at radius 2 is 2.17 bits per heavy atom. The van der Waals surface area contributed by atoms with Gasteiger partial charge >= 0.3 is 0 Å². The van der Waals surface area contributed by atoms with Gasteiger partial charge in [0.25, 0.3) is 5.91 Å². The highest BCUT2D eigenvalue weighted by atomic mass is 19.1. The summed E-state index contributed by atoms with van der Waals surface area (Å²) >= 11 is 0. The average molecular weight is 329 g/mol. The van der Waals surface area contributed by atoms with Gasteiger partial charge in [-0.05, 0) is 57.4 Å². The maximum Gasteiger partial charge on any atom is 0.253 e. The molecule has 24 heavy (non-hydrogen) atoms. The van der Waals surface area contributed by atoms with Crippen molar-refractivity contribution in [1.29, 1.82) is 0 Å². The normalized spacial score (nSPS) is 18.2. The summed E-state index contributed by atoms with van der Waals surface area (Å²) in [6.45, 7) is 7.37. The van der Waals surface area contributed by atoms with Crippen LogP contribution in [0.4, 0.5) is 4.39 Å². The van der Waals surface area contributed by atoms with Crippen LogP contribution in [0.25, 0.3) is 0 Å². The second kappa shape index (κ2) is 6.75. The zero-order valence-corrected chi connectivity index (χ0v) is 14.5. The lowest BCUT2D eigenvalue weighted by Crippen LogP contribution is -2.39. The van der Waals surface area contributed by atoms with Gasteiger partial charge in [-0.15, -0.1) is 0 Å². The van der Waals surface area contributed by atoms with Crippen molar-refractivity contribution < 1.29 is 9.18 Å². The quantitative estimate of drug-likeness (QED) is 0.856. The topological polar surface area (TPSA) is 38.1 Å². The fourth-order valence-electron chi connectivity index (χ4n) is 3.41. The molecule has 0 aliphatic carbocycles. The zero-order valence-electron chi connectivity index (χ0n) is 14.5. The van der Waals surface area contributed by atoms with Crippen molar-refractivity contribution in [2.24, 2.45) is 0 Å². The van der Waals surface area contributed by atoms with Crippen LogP contribution in [0.3, 0.4) is 0 Å². The van der Waals surface area contributed by atoms with E-state index in [0.717, 1.165) is 25.2 Å². The maximum atomic E-state index is 13.4. The number of aromatic nitrogens is 2. The van der Waals surface area contributed by atoms with E-state index in [1.807, 2.05) is 17.3 Å². The molecule has 2 aromatic rings. The Bertz CT molecular complexity index is 738. The number of rotatable bonds is 3. The van der Waals surface area contributed by atoms with Crippen molar-refractivity contribution in [2.45, 2.75) is 45.6 Å². The lowest BCUT2D eigenvalue weighted by molar-refractivity contribution is 0.0703. The SMILES string of the molecule is Cc1cc(C(=O)N2CCC[C@@H](c3nccn3C(C)C)C2)ccc1F. The molecule has 0 bridgehead atoms. The molecule has 0 N–H and O–H groups in total. The van der Waals surface area contributed by atoms with Gasteiger partial charge in [-0.2, -0.15) is 0 Å². The van der Waals surface area contributed by atoms with Crippen LogP contribution in [-0.4, -0.2) is 33.4 Å². The fourth-order valence-corrected chi connectivity index (χ4v) is 3.41. The second-order valence-corrected chi connectivity index (χ2v) is 6.84. The molecule has 1 aromatic carbocycles. The van der Waals surface area contributed by atoms with Crippen LogP contribution < -0.4 is 0 Å². The number of nitrogens with zero attached hydrogens (tertiary/aromatic N) is 3. The molecule has 1 aromatic heterocycles. The Hall–Kier alpha value is -2.17. The summed E-state index contributed by atoms with van der Waals surface area (Å²) in [5.74, 6) is 1.01. The predicted molar refractivity (Wildman–Crippen MR) is 91.6 cm³/mol. The molecule has 0 spiro atoms. The van der Waals surface area contributed by atoms with Crippen LogP contribution in [0, 0.1) is 12.7 Å². The number of halogens is 1. The molecule has 1 saturated heterocycles. The van der Waals surface area contributed by atoms with E-state index in [0.29, 0.717) is 23.7 Å². The van der Waals surface area contributed by atoms with E-state index in [1.165, 1.54) is 6.07 Å². The van der Waals surface area contributed by atoms with Gasteiger partial charge in [0.2, 0.25) is 0 Å². The summed E-state index contributed by atoms with van der Waals surface area (Å²) in [5, 5.41) is 0. The van der Waals surface area contributed by atoms with Crippen molar-refractivity contribution in [3.05, 3.63) is 53.4 Å². The molecule has 0 radical (unpaired) electrons. The first-order chi connectivity index (χ1) is 11.5. The first kappa shape index (κ1) is 16.7. The maximum absolute atomic E-state index is 13.4. The monoisotopic (exact) mass is 329 g/mol. The summed E-state index contributed by atoms with van der Waals surface area (Å²) < 4.78 is 15.6. The van der Waals surface area contributed by atoms with E-state index in [2.05, 4.69) is 23.4 Å². The van der Waals surface area contributed by atoms with Crippen LogP contribution in [0.2, 0.25) is 0 Å². The highest BCUT2D eigenvalue weighted by Gasteiger charge is 2.28. The molecule has 128 valence electrons. The Labute approximate surface area is 142 Å². The van der Waals surface area contributed by atoms with Crippen molar-refractivity contribution in [3.63, 3.8) is 0 Å². The molecule has 3 rings (SSSR count). The predicted octanol–water partition coefficient (Wildman–Crippen LogP) is 3.93. The number of amides is 1. The molecule has 0 unspecified atom stereocenters. The molecule has 1 atom stereocenters. The molecule has 1 fully saturated rings. The molecule has 1 aliphatic rings. The zero-order chi connectivity index (χ0) is 17.3. The van der Waals surface area contributed by atoms with E-state index in [9.17, 15) is 9.18 Å². The summed E-state index contributed by atoms with van der Waals surface area (Å²) in [5.41, 5.74) is 1.06. The van der Waals surface area contributed by atoms with Crippen LogP contribution >= 0.6 is 0 Å². The number of carbonyl (C=O) groups excluding carboxylic acids is 1. The molecule has 2 heterocycles. The third kappa shape index (κ3) is 3.21. The number of hydrogen-bond acceptors (Lipinski definition) is 2. The number of imidazole rings is 1. The molecule has 4 nitrogen and oxygen atoms in total. The Kier molecular flexibility index (Phi) is 4.69. The highest BCUT2D eigenvalue weighted by molar-refractivity contribution is 5.94. The van der Waals surface area contributed by atoms with Crippen molar-refractivity contribution in [3.8, 4) is 0 Å². The first-order valence-electron chi connectivity index (χ1n) is 8.55. The Morgan fingerprint density at radius 1 is 1.38 bits per heavy atom.